The van der Waals surface area contributed by atoms with Gasteiger partial charge in [0.15, 0.2) is 17.0 Å². The van der Waals surface area contributed by atoms with Gasteiger partial charge in [0, 0.05) is 11.0 Å². The average Bonchev–Trinajstić information content (AvgIpc) is 3.18. The van der Waals surface area contributed by atoms with E-state index in [9.17, 15) is 10.2 Å². The molecule has 3 heterocycles. The highest BCUT2D eigenvalue weighted by Crippen LogP contribution is 2.24. The highest BCUT2D eigenvalue weighted by atomic mass is 79.9. The molecule has 27 heavy (non-hydrogen) atoms. The number of halogens is 2. The molecule has 4 rings (SSSR count). The van der Waals surface area contributed by atoms with Crippen LogP contribution in [0, 0.1) is 0 Å². The lowest BCUT2D eigenvalue weighted by atomic mass is 10.1. The molecule has 3 atom stereocenters. The molecule has 0 amide bonds. The number of benzene rings is 1. The highest BCUT2D eigenvalue weighted by Gasteiger charge is 2.35. The van der Waals surface area contributed by atoms with Gasteiger partial charge < -0.3 is 24.8 Å². The molecule has 0 bridgehead atoms. The average molecular weight is 455 g/mol. The summed E-state index contributed by atoms with van der Waals surface area (Å²) in [6, 6.07) is 7.93. The van der Waals surface area contributed by atoms with E-state index >= 15 is 0 Å². The van der Waals surface area contributed by atoms with Gasteiger partial charge in [0.25, 0.3) is 0 Å². The number of aromatic nitrogens is 4. The number of ether oxygens (including phenoxy) is 1. The van der Waals surface area contributed by atoms with Crippen LogP contribution in [0.4, 0.5) is 5.82 Å². The van der Waals surface area contributed by atoms with E-state index in [1.165, 1.54) is 0 Å². The Labute approximate surface area is 168 Å². The van der Waals surface area contributed by atoms with Crippen LogP contribution in [0.25, 0.3) is 11.2 Å². The summed E-state index contributed by atoms with van der Waals surface area (Å²) in [5, 5.41) is 23.0. The molecule has 10 heteroatoms. The van der Waals surface area contributed by atoms with Crippen LogP contribution in [0.2, 0.25) is 5.28 Å². The largest absolute Gasteiger partial charge is 0.388 e. The smallest absolute Gasteiger partial charge is 0.226 e. The van der Waals surface area contributed by atoms with E-state index in [1.807, 2.05) is 24.3 Å². The van der Waals surface area contributed by atoms with Gasteiger partial charge >= 0.3 is 0 Å². The van der Waals surface area contributed by atoms with Crippen molar-refractivity contribution in [3.8, 4) is 0 Å². The van der Waals surface area contributed by atoms with Crippen LogP contribution in [-0.2, 0) is 17.8 Å². The van der Waals surface area contributed by atoms with Gasteiger partial charge in [0.1, 0.15) is 18.3 Å². The first-order valence-corrected chi connectivity index (χ1v) is 9.53. The quantitative estimate of drug-likeness (QED) is 0.506. The minimum Gasteiger partial charge on any atom is -0.388 e. The first kappa shape index (κ1) is 18.6. The van der Waals surface area contributed by atoms with Crippen molar-refractivity contribution in [3.63, 3.8) is 0 Å². The second-order valence-electron chi connectivity index (χ2n) is 6.32. The molecule has 8 nitrogen and oxygen atoms in total. The van der Waals surface area contributed by atoms with Crippen molar-refractivity contribution in [2.75, 3.05) is 11.9 Å². The standard InChI is InChI=1S/C17H17BrClN5O3/c18-10-3-1-2-9(4-10)5-20-15-13-16(23-17(19)22-15)24(8-21-13)6-12-14(26)11(25)7-27-12/h1-4,8,11-12,14,25-26H,5-7H2,(H,20,22,23)/t11-,12+,14-/m0/s1. The summed E-state index contributed by atoms with van der Waals surface area (Å²) < 4.78 is 8.16. The first-order chi connectivity index (χ1) is 13.0. The number of aliphatic hydroxyl groups excluding tert-OH is 2. The number of hydrogen-bond acceptors (Lipinski definition) is 7. The Morgan fingerprint density at radius 3 is 2.93 bits per heavy atom. The molecule has 3 aromatic rings. The van der Waals surface area contributed by atoms with E-state index < -0.39 is 18.3 Å². The molecule has 1 aliphatic rings. The third kappa shape index (κ3) is 3.92. The maximum absolute atomic E-state index is 9.99. The molecular weight excluding hydrogens is 438 g/mol. The molecule has 1 saturated heterocycles. The summed E-state index contributed by atoms with van der Waals surface area (Å²) in [7, 11) is 0. The Bertz CT molecular complexity index is 969. The fourth-order valence-corrected chi connectivity index (χ4v) is 3.64. The van der Waals surface area contributed by atoms with Crippen LogP contribution >= 0.6 is 27.5 Å². The summed E-state index contributed by atoms with van der Waals surface area (Å²) in [5.41, 5.74) is 2.18. The number of anilines is 1. The summed E-state index contributed by atoms with van der Waals surface area (Å²) >= 11 is 9.55. The van der Waals surface area contributed by atoms with Crippen molar-refractivity contribution in [2.24, 2.45) is 0 Å². The second-order valence-corrected chi connectivity index (χ2v) is 7.58. The van der Waals surface area contributed by atoms with E-state index in [2.05, 4.69) is 36.2 Å². The predicted molar refractivity (Wildman–Crippen MR) is 104 cm³/mol. The monoisotopic (exact) mass is 453 g/mol. The van der Waals surface area contributed by atoms with Gasteiger partial charge in [-0.2, -0.15) is 9.97 Å². The van der Waals surface area contributed by atoms with E-state index in [1.54, 1.807) is 10.9 Å². The molecule has 1 aromatic carbocycles. The summed E-state index contributed by atoms with van der Waals surface area (Å²) in [6.07, 6.45) is -0.774. The highest BCUT2D eigenvalue weighted by molar-refractivity contribution is 9.10. The van der Waals surface area contributed by atoms with Crippen LogP contribution in [0.15, 0.2) is 35.1 Å². The Kier molecular flexibility index (Phi) is 5.29. The molecule has 1 fully saturated rings. The van der Waals surface area contributed by atoms with Crippen LogP contribution in [0.5, 0.6) is 0 Å². The summed E-state index contributed by atoms with van der Waals surface area (Å²) in [4.78, 5) is 12.9. The fourth-order valence-electron chi connectivity index (χ4n) is 3.03. The number of aliphatic hydroxyl groups is 2. The van der Waals surface area contributed by atoms with Gasteiger partial charge in [0.2, 0.25) is 5.28 Å². The lowest BCUT2D eigenvalue weighted by molar-refractivity contribution is 0.0157. The van der Waals surface area contributed by atoms with E-state index in [-0.39, 0.29) is 11.9 Å². The molecule has 0 radical (unpaired) electrons. The van der Waals surface area contributed by atoms with Crippen molar-refractivity contribution < 1.29 is 14.9 Å². The second kappa shape index (κ2) is 7.69. The van der Waals surface area contributed by atoms with Gasteiger partial charge in [-0.25, -0.2) is 4.98 Å². The number of rotatable bonds is 5. The zero-order valence-corrected chi connectivity index (χ0v) is 16.4. The molecule has 0 aliphatic carbocycles. The predicted octanol–water partition coefficient (Wildman–Crippen LogP) is 1.97. The summed E-state index contributed by atoms with van der Waals surface area (Å²) in [5.74, 6) is 0.525. The normalized spacial score (nSPS) is 22.4. The van der Waals surface area contributed by atoms with Gasteiger partial charge in [-0.3, -0.25) is 0 Å². The lowest BCUT2D eigenvalue weighted by Crippen LogP contribution is -2.32. The molecule has 3 N–H and O–H groups in total. The van der Waals surface area contributed by atoms with Crippen molar-refractivity contribution >= 4 is 44.5 Å². The third-order valence-corrected chi connectivity index (χ3v) is 5.08. The minimum atomic E-state index is -0.950. The van der Waals surface area contributed by atoms with Crippen LogP contribution in [-0.4, -0.2) is 54.7 Å². The number of hydrogen-bond donors (Lipinski definition) is 3. The third-order valence-electron chi connectivity index (χ3n) is 4.42. The Morgan fingerprint density at radius 1 is 1.33 bits per heavy atom. The topological polar surface area (TPSA) is 105 Å². The molecule has 0 spiro atoms. The van der Waals surface area contributed by atoms with Crippen LogP contribution in [0.1, 0.15) is 5.56 Å². The Balaban J connectivity index is 1.58. The number of nitrogens with one attached hydrogen (secondary N) is 1. The van der Waals surface area contributed by atoms with Crippen molar-refractivity contribution in [2.45, 2.75) is 31.4 Å². The molecule has 2 aromatic heterocycles. The maximum Gasteiger partial charge on any atom is 0.226 e. The minimum absolute atomic E-state index is 0.0916. The van der Waals surface area contributed by atoms with E-state index in [4.69, 9.17) is 16.3 Å². The maximum atomic E-state index is 9.99. The van der Waals surface area contributed by atoms with E-state index in [0.717, 1.165) is 10.0 Å². The summed E-state index contributed by atoms with van der Waals surface area (Å²) in [6.45, 7) is 0.951. The van der Waals surface area contributed by atoms with E-state index in [0.29, 0.717) is 30.1 Å². The molecule has 142 valence electrons. The Morgan fingerprint density at radius 2 is 2.19 bits per heavy atom. The van der Waals surface area contributed by atoms with Gasteiger partial charge in [-0.1, -0.05) is 28.1 Å². The lowest BCUT2D eigenvalue weighted by Gasteiger charge is -2.15. The van der Waals surface area contributed by atoms with Crippen LogP contribution in [0.3, 0.4) is 0 Å². The number of imidazole rings is 1. The fraction of sp³-hybridized carbons (Fsp3) is 0.353. The number of fused-ring (bicyclic) bond motifs is 1. The molecule has 0 saturated carbocycles. The van der Waals surface area contributed by atoms with Gasteiger partial charge in [-0.15, -0.1) is 0 Å². The first-order valence-electron chi connectivity index (χ1n) is 8.35. The van der Waals surface area contributed by atoms with Crippen molar-refractivity contribution in [1.29, 1.82) is 0 Å². The van der Waals surface area contributed by atoms with Crippen LogP contribution < -0.4 is 5.32 Å². The molecular formula is C17H17BrClN5O3. The van der Waals surface area contributed by atoms with Gasteiger partial charge in [-0.05, 0) is 29.3 Å². The Hall–Kier alpha value is -1.78. The number of nitrogens with zero attached hydrogens (tertiary/aromatic N) is 4. The molecule has 0 unspecified atom stereocenters. The van der Waals surface area contributed by atoms with Gasteiger partial charge in [0.05, 0.1) is 19.5 Å². The molecule has 1 aliphatic heterocycles. The zero-order chi connectivity index (χ0) is 19.0. The van der Waals surface area contributed by atoms with Crippen molar-refractivity contribution in [1.82, 2.24) is 19.5 Å². The SMILES string of the molecule is O[C@H]1[C@@H](O)CO[C@@H]1Cn1cnc2c(NCc3cccc(Br)c3)nc(Cl)nc21. The van der Waals surface area contributed by atoms with Crippen molar-refractivity contribution in [3.05, 3.63) is 45.9 Å². The zero-order valence-electron chi connectivity index (χ0n) is 14.1.